The second-order valence-electron chi connectivity index (χ2n) is 10.2. The minimum absolute atomic E-state index is 0.0131. The van der Waals surface area contributed by atoms with Gasteiger partial charge in [0.2, 0.25) is 0 Å². The zero-order valence-electron chi connectivity index (χ0n) is 21.9. The van der Waals surface area contributed by atoms with E-state index < -0.39 is 0 Å². The van der Waals surface area contributed by atoms with E-state index in [2.05, 4.69) is 45.1 Å². The Labute approximate surface area is 225 Å². The van der Waals surface area contributed by atoms with E-state index in [1.807, 2.05) is 41.8 Å². The van der Waals surface area contributed by atoms with Gasteiger partial charge in [-0.05, 0) is 42.9 Å². The molecule has 1 N–H and O–H groups in total. The predicted octanol–water partition coefficient (Wildman–Crippen LogP) is 3.16. The fourth-order valence-electron chi connectivity index (χ4n) is 5.43. The van der Waals surface area contributed by atoms with Gasteiger partial charge >= 0.3 is 0 Å². The Morgan fingerprint density at radius 3 is 2.51 bits per heavy atom. The van der Waals surface area contributed by atoms with Gasteiger partial charge in [-0.1, -0.05) is 0 Å². The molecule has 10 nitrogen and oxygen atoms in total. The van der Waals surface area contributed by atoms with Gasteiger partial charge in [0.15, 0.2) is 0 Å². The minimum atomic E-state index is -0.0131. The quantitative estimate of drug-likeness (QED) is 0.387. The standard InChI is InChI=1S/C29H30N8O2/c1-34-6-8-35(9-7-34)27-3-2-21(16-30-27)22-14-23-24(18-32-28(23)31-17-22)20-4-5-37-26(15-20)25(19-33-37)29(38)36-10-12-39-13-11-36/h2-5,14-19H,6-13H2,1H3,(H,31,32). The van der Waals surface area contributed by atoms with Crippen LogP contribution in [-0.2, 0) is 4.74 Å². The number of piperazine rings is 1. The number of nitrogens with zero attached hydrogens (tertiary/aromatic N) is 7. The van der Waals surface area contributed by atoms with Gasteiger partial charge < -0.3 is 24.4 Å². The number of amides is 1. The molecular formula is C29H30N8O2. The van der Waals surface area contributed by atoms with E-state index >= 15 is 0 Å². The van der Waals surface area contributed by atoms with Gasteiger partial charge in [0.1, 0.15) is 11.5 Å². The molecule has 198 valence electrons. The fraction of sp³-hybridized carbons (Fsp3) is 0.310. The van der Waals surface area contributed by atoms with Gasteiger partial charge in [-0.25, -0.2) is 14.5 Å². The van der Waals surface area contributed by atoms with Gasteiger partial charge in [0, 0.05) is 86.1 Å². The highest BCUT2D eigenvalue weighted by Crippen LogP contribution is 2.32. The SMILES string of the molecule is CN1CCN(c2ccc(-c3cnc4[nH]cc(-c5ccn6ncc(C(=O)N7CCOCC7)c6c5)c4c3)cn2)CC1. The fourth-order valence-corrected chi connectivity index (χ4v) is 5.43. The number of rotatable bonds is 4. The normalized spacial score (nSPS) is 16.8. The Morgan fingerprint density at radius 2 is 1.72 bits per heavy atom. The summed E-state index contributed by atoms with van der Waals surface area (Å²) in [5, 5.41) is 5.44. The highest BCUT2D eigenvalue weighted by atomic mass is 16.5. The monoisotopic (exact) mass is 522 g/mol. The molecule has 0 aromatic carbocycles. The van der Waals surface area contributed by atoms with Crippen LogP contribution in [0.5, 0.6) is 0 Å². The van der Waals surface area contributed by atoms with Crippen molar-refractivity contribution in [1.29, 1.82) is 0 Å². The summed E-state index contributed by atoms with van der Waals surface area (Å²) in [4.78, 5) is 32.5. The Balaban J connectivity index is 1.20. The number of morpholine rings is 1. The molecule has 10 heteroatoms. The number of aromatic amines is 1. The maximum atomic E-state index is 13.2. The lowest BCUT2D eigenvalue weighted by Crippen LogP contribution is -2.44. The van der Waals surface area contributed by atoms with Crippen molar-refractivity contribution >= 4 is 28.3 Å². The Hall–Kier alpha value is -4.28. The number of anilines is 1. The first kappa shape index (κ1) is 23.8. The number of carbonyl (C=O) groups is 1. The van der Waals surface area contributed by atoms with Crippen LogP contribution in [0.25, 0.3) is 38.8 Å². The smallest absolute Gasteiger partial charge is 0.257 e. The Morgan fingerprint density at radius 1 is 0.897 bits per heavy atom. The number of fused-ring (bicyclic) bond motifs is 2. The van der Waals surface area contributed by atoms with Crippen LogP contribution in [0, 0.1) is 0 Å². The molecular weight excluding hydrogens is 492 g/mol. The maximum Gasteiger partial charge on any atom is 0.257 e. The summed E-state index contributed by atoms with van der Waals surface area (Å²) in [7, 11) is 2.16. The van der Waals surface area contributed by atoms with Crippen LogP contribution in [0.3, 0.4) is 0 Å². The number of aromatic nitrogens is 5. The molecule has 5 aromatic rings. The average molecular weight is 523 g/mol. The van der Waals surface area contributed by atoms with Gasteiger partial charge in [-0.3, -0.25) is 4.79 Å². The summed E-state index contributed by atoms with van der Waals surface area (Å²) in [6.45, 7) is 6.40. The molecule has 39 heavy (non-hydrogen) atoms. The van der Waals surface area contributed by atoms with Crippen molar-refractivity contribution in [2.75, 3.05) is 64.4 Å². The predicted molar refractivity (Wildman–Crippen MR) is 150 cm³/mol. The number of carbonyl (C=O) groups excluding carboxylic acids is 1. The summed E-state index contributed by atoms with van der Waals surface area (Å²) in [6, 6.07) is 10.4. The summed E-state index contributed by atoms with van der Waals surface area (Å²) in [6.07, 6.45) is 9.35. The van der Waals surface area contributed by atoms with Crippen molar-refractivity contribution in [3.05, 3.63) is 66.9 Å². The van der Waals surface area contributed by atoms with Gasteiger partial charge in [0.25, 0.3) is 5.91 Å². The van der Waals surface area contributed by atoms with E-state index in [0.29, 0.717) is 31.9 Å². The first-order valence-corrected chi connectivity index (χ1v) is 13.4. The van der Waals surface area contributed by atoms with E-state index in [-0.39, 0.29) is 5.91 Å². The van der Waals surface area contributed by atoms with Crippen molar-refractivity contribution in [2.24, 2.45) is 0 Å². The summed E-state index contributed by atoms with van der Waals surface area (Å²) >= 11 is 0. The van der Waals surface area contributed by atoms with Crippen molar-refractivity contribution in [3.8, 4) is 22.3 Å². The van der Waals surface area contributed by atoms with E-state index in [9.17, 15) is 4.79 Å². The molecule has 0 saturated carbocycles. The number of nitrogens with one attached hydrogen (secondary N) is 1. The zero-order valence-corrected chi connectivity index (χ0v) is 21.9. The molecule has 2 aliphatic heterocycles. The van der Waals surface area contributed by atoms with Crippen LogP contribution < -0.4 is 4.90 Å². The average Bonchev–Trinajstić information content (AvgIpc) is 3.61. The zero-order chi connectivity index (χ0) is 26.3. The highest BCUT2D eigenvalue weighted by Gasteiger charge is 2.22. The third-order valence-corrected chi connectivity index (χ3v) is 7.80. The van der Waals surface area contributed by atoms with Gasteiger partial charge in [-0.2, -0.15) is 5.10 Å². The number of ether oxygens (including phenoxy) is 1. The number of hydrogen-bond acceptors (Lipinski definition) is 7. The Bertz CT molecular complexity index is 1640. The van der Waals surface area contributed by atoms with Crippen molar-refractivity contribution in [1.82, 2.24) is 34.4 Å². The van der Waals surface area contributed by atoms with Crippen molar-refractivity contribution in [2.45, 2.75) is 0 Å². The Kier molecular flexibility index (Phi) is 5.98. The molecule has 1 amide bonds. The second-order valence-corrected chi connectivity index (χ2v) is 10.2. The summed E-state index contributed by atoms with van der Waals surface area (Å²) < 4.78 is 7.16. The molecule has 0 atom stereocenters. The lowest BCUT2D eigenvalue weighted by atomic mass is 10.0. The maximum absolute atomic E-state index is 13.2. The van der Waals surface area contributed by atoms with Gasteiger partial charge in [0.05, 0.1) is 30.5 Å². The molecule has 2 fully saturated rings. The van der Waals surface area contributed by atoms with E-state index in [4.69, 9.17) is 14.7 Å². The lowest BCUT2D eigenvalue weighted by Gasteiger charge is -2.33. The lowest BCUT2D eigenvalue weighted by molar-refractivity contribution is 0.0304. The van der Waals surface area contributed by atoms with E-state index in [0.717, 1.165) is 70.8 Å². The van der Waals surface area contributed by atoms with Crippen LogP contribution in [0.15, 0.2) is 61.3 Å². The molecule has 5 aromatic heterocycles. The first-order chi connectivity index (χ1) is 19.1. The highest BCUT2D eigenvalue weighted by molar-refractivity contribution is 6.02. The first-order valence-electron chi connectivity index (χ1n) is 13.4. The van der Waals surface area contributed by atoms with Crippen LogP contribution in [0.4, 0.5) is 5.82 Å². The van der Waals surface area contributed by atoms with Crippen molar-refractivity contribution in [3.63, 3.8) is 0 Å². The molecule has 0 radical (unpaired) electrons. The molecule has 2 saturated heterocycles. The molecule has 0 aliphatic carbocycles. The topological polar surface area (TPSA) is 94.9 Å². The largest absolute Gasteiger partial charge is 0.378 e. The molecule has 2 aliphatic rings. The molecule has 7 heterocycles. The number of hydrogen-bond donors (Lipinski definition) is 1. The van der Waals surface area contributed by atoms with Crippen LogP contribution in [0.1, 0.15) is 10.4 Å². The number of H-pyrrole nitrogens is 1. The molecule has 0 bridgehead atoms. The van der Waals surface area contributed by atoms with Crippen LogP contribution >= 0.6 is 0 Å². The number of pyridine rings is 3. The molecule has 0 unspecified atom stereocenters. The van der Waals surface area contributed by atoms with Gasteiger partial charge in [-0.15, -0.1) is 0 Å². The minimum Gasteiger partial charge on any atom is -0.378 e. The third kappa shape index (κ3) is 4.41. The molecule has 7 rings (SSSR count). The molecule has 0 spiro atoms. The second kappa shape index (κ2) is 9.79. The van der Waals surface area contributed by atoms with E-state index in [1.54, 1.807) is 10.7 Å². The van der Waals surface area contributed by atoms with Crippen LogP contribution in [0.2, 0.25) is 0 Å². The summed E-state index contributed by atoms with van der Waals surface area (Å²) in [5.41, 5.74) is 6.25. The van der Waals surface area contributed by atoms with Crippen LogP contribution in [-0.4, -0.2) is 99.8 Å². The van der Waals surface area contributed by atoms with Crippen molar-refractivity contribution < 1.29 is 9.53 Å². The summed E-state index contributed by atoms with van der Waals surface area (Å²) in [5.74, 6) is 1.00. The van der Waals surface area contributed by atoms with E-state index in [1.165, 1.54) is 0 Å². The number of likely N-dealkylation sites (N-methyl/N-ethyl adjacent to an activating group) is 1. The third-order valence-electron chi connectivity index (χ3n) is 7.80.